The molecule has 2 aromatic rings. The molecule has 9 nitrogen and oxygen atoms in total. The Balaban J connectivity index is 2.16. The molecule has 176 valence electrons. The van der Waals surface area contributed by atoms with Crippen molar-refractivity contribution in [1.82, 2.24) is 9.62 Å². The number of ether oxygens (including phenoxy) is 2. The number of hydrogen-bond donors (Lipinski definition) is 1. The maximum Gasteiger partial charge on any atom is 0.320 e. The zero-order valence-electron chi connectivity index (χ0n) is 19.0. The first-order valence-electron chi connectivity index (χ1n) is 10.4. The van der Waals surface area contributed by atoms with Crippen LogP contribution in [0, 0.1) is 0 Å². The van der Waals surface area contributed by atoms with Crippen LogP contribution in [0.2, 0.25) is 0 Å². The zero-order chi connectivity index (χ0) is 23.7. The molecule has 0 saturated heterocycles. The third-order valence-electron chi connectivity index (χ3n) is 4.67. The molecule has 0 aliphatic heterocycles. The van der Waals surface area contributed by atoms with E-state index in [4.69, 9.17) is 9.47 Å². The van der Waals surface area contributed by atoms with Crippen molar-refractivity contribution >= 4 is 38.4 Å². The van der Waals surface area contributed by atoms with Gasteiger partial charge in [0.25, 0.3) is 0 Å². The quantitative estimate of drug-likeness (QED) is 0.472. The van der Waals surface area contributed by atoms with Crippen LogP contribution in [0.15, 0.2) is 41.3 Å². The van der Waals surface area contributed by atoms with Crippen LogP contribution in [0.25, 0.3) is 10.8 Å². The van der Waals surface area contributed by atoms with Gasteiger partial charge in [0.2, 0.25) is 10.0 Å². The Bertz CT molecular complexity index is 1020. The number of sulfonamides is 1. The molecule has 1 N–H and O–H groups in total. The average Bonchev–Trinajstić information content (AvgIpc) is 2.72. The first-order valence-corrected chi connectivity index (χ1v) is 11.9. The molecule has 0 heterocycles. The van der Waals surface area contributed by atoms with E-state index < -0.39 is 22.0 Å². The highest BCUT2D eigenvalue weighted by molar-refractivity contribution is 7.89. The van der Waals surface area contributed by atoms with Crippen LogP contribution in [0.5, 0.6) is 0 Å². The fraction of sp³-hybridized carbons (Fsp3) is 0.455. The second-order valence-electron chi connectivity index (χ2n) is 7.24. The highest BCUT2D eigenvalue weighted by Gasteiger charge is 2.20. The van der Waals surface area contributed by atoms with E-state index in [0.29, 0.717) is 5.39 Å². The van der Waals surface area contributed by atoms with Gasteiger partial charge in [-0.15, -0.1) is 0 Å². The summed E-state index contributed by atoms with van der Waals surface area (Å²) >= 11 is 0. The molecule has 0 fully saturated rings. The maximum absolute atomic E-state index is 13.0. The van der Waals surface area contributed by atoms with Crippen LogP contribution in [0.3, 0.4) is 0 Å². The summed E-state index contributed by atoms with van der Waals surface area (Å²) in [5.74, 6) is -0.991. The van der Waals surface area contributed by atoms with E-state index in [9.17, 15) is 18.0 Å². The number of nitrogens with one attached hydrogen (secondary N) is 1. The van der Waals surface area contributed by atoms with Crippen molar-refractivity contribution in [3.05, 3.63) is 36.4 Å². The van der Waals surface area contributed by atoms with Gasteiger partial charge < -0.3 is 14.4 Å². The van der Waals surface area contributed by atoms with E-state index in [1.807, 2.05) is 37.2 Å². The summed E-state index contributed by atoms with van der Waals surface area (Å²) in [4.78, 5) is 27.3. The van der Waals surface area contributed by atoms with Crippen molar-refractivity contribution in [3.8, 4) is 0 Å². The largest absolute Gasteiger partial charge is 0.465 e. The van der Waals surface area contributed by atoms with Gasteiger partial charge in [-0.25, -0.2) is 13.1 Å². The van der Waals surface area contributed by atoms with E-state index in [-0.39, 0.29) is 44.3 Å². The minimum atomic E-state index is -3.83. The van der Waals surface area contributed by atoms with E-state index in [1.165, 1.54) is 4.90 Å². The zero-order valence-corrected chi connectivity index (χ0v) is 19.8. The molecular formula is C22H31N3O6S. The fourth-order valence-corrected chi connectivity index (χ4v) is 4.54. The Morgan fingerprint density at radius 2 is 1.47 bits per heavy atom. The molecule has 0 aliphatic carbocycles. The molecule has 0 atom stereocenters. The second-order valence-corrected chi connectivity index (χ2v) is 8.98. The maximum atomic E-state index is 13.0. The van der Waals surface area contributed by atoms with Crippen LogP contribution < -0.4 is 9.62 Å². The monoisotopic (exact) mass is 465 g/mol. The number of esters is 2. The summed E-state index contributed by atoms with van der Waals surface area (Å²) in [7, 11) is -0.0325. The summed E-state index contributed by atoms with van der Waals surface area (Å²) in [6.45, 7) is 3.66. The summed E-state index contributed by atoms with van der Waals surface area (Å²) < 4.78 is 38.5. The molecule has 0 radical (unpaired) electrons. The van der Waals surface area contributed by atoms with Crippen molar-refractivity contribution in [2.24, 2.45) is 0 Å². The van der Waals surface area contributed by atoms with E-state index >= 15 is 0 Å². The molecule has 2 rings (SSSR count). The standard InChI is InChI=1S/C22H31N3O6S/c1-5-30-21(26)15-25(16-22(27)31-6-2)14-13-23-32(28,29)20-12-8-9-17-18(20)10-7-11-19(17)24(3)4/h7-12,23H,5-6,13-16H2,1-4H3. The number of rotatable bonds is 12. The number of carbonyl (C=O) groups is 2. The molecule has 10 heteroatoms. The first-order chi connectivity index (χ1) is 15.2. The second kappa shape index (κ2) is 11.8. The molecule has 0 bridgehead atoms. The minimum Gasteiger partial charge on any atom is -0.465 e. The van der Waals surface area contributed by atoms with Gasteiger partial charge in [-0.3, -0.25) is 14.5 Å². The normalized spacial score (nSPS) is 11.5. The van der Waals surface area contributed by atoms with Gasteiger partial charge in [-0.05, 0) is 26.0 Å². The lowest BCUT2D eigenvalue weighted by molar-refractivity contribution is -0.148. The fourth-order valence-electron chi connectivity index (χ4n) is 3.30. The molecule has 0 unspecified atom stereocenters. The molecule has 2 aromatic carbocycles. The number of nitrogens with zero attached hydrogens (tertiary/aromatic N) is 2. The molecule has 0 saturated carbocycles. The Labute approximate surface area is 189 Å². The highest BCUT2D eigenvalue weighted by atomic mass is 32.2. The van der Waals surface area contributed by atoms with Gasteiger partial charge in [0, 0.05) is 43.6 Å². The number of carbonyl (C=O) groups excluding carboxylic acids is 2. The average molecular weight is 466 g/mol. The van der Waals surface area contributed by atoms with Crippen molar-refractivity contribution in [2.75, 3.05) is 58.4 Å². The van der Waals surface area contributed by atoms with Crippen molar-refractivity contribution in [1.29, 1.82) is 0 Å². The van der Waals surface area contributed by atoms with Crippen molar-refractivity contribution in [2.45, 2.75) is 18.7 Å². The molecule has 0 amide bonds. The van der Waals surface area contributed by atoms with Gasteiger partial charge in [0.1, 0.15) is 0 Å². The van der Waals surface area contributed by atoms with Crippen molar-refractivity contribution < 1.29 is 27.5 Å². The smallest absolute Gasteiger partial charge is 0.320 e. The molecule has 0 aliphatic rings. The Hall–Kier alpha value is -2.69. The topological polar surface area (TPSA) is 105 Å². The molecule has 32 heavy (non-hydrogen) atoms. The minimum absolute atomic E-state index is 0.00486. The van der Waals surface area contributed by atoms with Crippen LogP contribution >= 0.6 is 0 Å². The Morgan fingerprint density at radius 1 is 0.906 bits per heavy atom. The summed E-state index contributed by atoms with van der Waals surface area (Å²) in [5, 5.41) is 1.44. The van der Waals surface area contributed by atoms with Crippen LogP contribution in [0.1, 0.15) is 13.8 Å². The van der Waals surface area contributed by atoms with Crippen molar-refractivity contribution in [3.63, 3.8) is 0 Å². The SMILES string of the molecule is CCOC(=O)CN(CCNS(=O)(=O)c1cccc2c(N(C)C)cccc12)CC(=O)OCC. The van der Waals surface area contributed by atoms with E-state index in [0.717, 1.165) is 11.1 Å². The molecule has 0 spiro atoms. The van der Waals surface area contributed by atoms with E-state index in [1.54, 1.807) is 32.0 Å². The van der Waals surface area contributed by atoms with Crippen LogP contribution in [0.4, 0.5) is 5.69 Å². The Kier molecular flexibility index (Phi) is 9.42. The van der Waals surface area contributed by atoms with Crippen LogP contribution in [-0.2, 0) is 29.1 Å². The summed E-state index contributed by atoms with van der Waals surface area (Å²) in [6.07, 6.45) is 0. The number of fused-ring (bicyclic) bond motifs is 1. The van der Waals surface area contributed by atoms with Gasteiger partial charge >= 0.3 is 11.9 Å². The van der Waals surface area contributed by atoms with Gasteiger partial charge in [0.05, 0.1) is 31.2 Å². The predicted molar refractivity (Wildman–Crippen MR) is 123 cm³/mol. The number of anilines is 1. The molecule has 0 aromatic heterocycles. The number of benzene rings is 2. The van der Waals surface area contributed by atoms with Gasteiger partial charge in [0.15, 0.2) is 0 Å². The lowest BCUT2D eigenvalue weighted by atomic mass is 10.1. The number of hydrogen-bond acceptors (Lipinski definition) is 8. The lowest BCUT2D eigenvalue weighted by Crippen LogP contribution is -2.41. The van der Waals surface area contributed by atoms with Crippen LogP contribution in [-0.4, -0.2) is 78.7 Å². The molecular weight excluding hydrogens is 434 g/mol. The summed E-state index contributed by atoms with van der Waals surface area (Å²) in [5.41, 5.74) is 0.912. The highest BCUT2D eigenvalue weighted by Crippen LogP contribution is 2.29. The lowest BCUT2D eigenvalue weighted by Gasteiger charge is -2.21. The van der Waals surface area contributed by atoms with Gasteiger partial charge in [-0.1, -0.05) is 24.3 Å². The van der Waals surface area contributed by atoms with Gasteiger partial charge in [-0.2, -0.15) is 0 Å². The third kappa shape index (κ3) is 6.91. The summed E-state index contributed by atoms with van der Waals surface area (Å²) in [6, 6.07) is 10.7. The van der Waals surface area contributed by atoms with E-state index in [2.05, 4.69) is 4.72 Å². The first kappa shape index (κ1) is 25.6. The Morgan fingerprint density at radius 3 is 2.03 bits per heavy atom. The predicted octanol–water partition coefficient (Wildman–Crippen LogP) is 1.61. The third-order valence-corrected chi connectivity index (χ3v) is 6.19.